The average Bonchev–Trinajstić information content (AvgIpc) is 2.72. The zero-order valence-electron chi connectivity index (χ0n) is 16.2. The van der Waals surface area contributed by atoms with E-state index in [9.17, 15) is 4.79 Å². The molecule has 28 heavy (non-hydrogen) atoms. The Hall–Kier alpha value is -3.48. The van der Waals surface area contributed by atoms with Gasteiger partial charge in [0, 0.05) is 5.56 Å². The highest BCUT2D eigenvalue weighted by Crippen LogP contribution is 2.29. The van der Waals surface area contributed by atoms with E-state index in [4.69, 9.17) is 18.9 Å². The normalized spacial score (nSPS) is 10.4. The van der Waals surface area contributed by atoms with Crippen LogP contribution < -0.4 is 24.4 Å². The van der Waals surface area contributed by atoms with E-state index in [1.807, 2.05) is 12.1 Å². The number of para-hydroxylation sites is 1. The molecule has 2 aromatic rings. The molecule has 0 saturated heterocycles. The predicted octanol–water partition coefficient (Wildman–Crippen LogP) is 2.97. The van der Waals surface area contributed by atoms with Gasteiger partial charge in [-0.3, -0.25) is 4.79 Å². The van der Waals surface area contributed by atoms with Crippen molar-refractivity contribution in [1.82, 2.24) is 5.43 Å². The molecule has 1 N–H and O–H groups in total. The zero-order valence-corrected chi connectivity index (χ0v) is 16.2. The van der Waals surface area contributed by atoms with Crippen molar-refractivity contribution >= 4 is 12.1 Å². The fraction of sp³-hybridized carbons (Fsp3) is 0.238. The second kappa shape index (κ2) is 10.6. The molecule has 0 unspecified atom stereocenters. The SMILES string of the molecule is C=CCc1ccc(OCC(=O)N/N=C/c2cccc(OC)c2OC)c(OC)c1. The summed E-state index contributed by atoms with van der Waals surface area (Å²) >= 11 is 0. The van der Waals surface area contributed by atoms with Crippen molar-refractivity contribution < 1.29 is 23.7 Å². The van der Waals surface area contributed by atoms with Crippen LogP contribution in [0.4, 0.5) is 0 Å². The number of allylic oxidation sites excluding steroid dienone is 1. The molecule has 2 aromatic carbocycles. The van der Waals surface area contributed by atoms with Crippen LogP contribution >= 0.6 is 0 Å². The number of carbonyl (C=O) groups is 1. The molecule has 0 heterocycles. The van der Waals surface area contributed by atoms with E-state index in [0.29, 0.717) is 28.6 Å². The second-order valence-electron chi connectivity index (χ2n) is 5.64. The molecule has 0 aliphatic heterocycles. The summed E-state index contributed by atoms with van der Waals surface area (Å²) in [6, 6.07) is 10.9. The van der Waals surface area contributed by atoms with Crippen LogP contribution in [0.1, 0.15) is 11.1 Å². The van der Waals surface area contributed by atoms with Gasteiger partial charge in [0.05, 0.1) is 27.5 Å². The van der Waals surface area contributed by atoms with Crippen molar-refractivity contribution in [2.75, 3.05) is 27.9 Å². The van der Waals surface area contributed by atoms with Gasteiger partial charge in [0.25, 0.3) is 5.91 Å². The molecule has 0 aliphatic rings. The van der Waals surface area contributed by atoms with Crippen molar-refractivity contribution in [2.45, 2.75) is 6.42 Å². The fourth-order valence-electron chi connectivity index (χ4n) is 2.49. The van der Waals surface area contributed by atoms with Gasteiger partial charge < -0.3 is 18.9 Å². The molecule has 2 rings (SSSR count). The third-order valence-electron chi connectivity index (χ3n) is 3.79. The first-order valence-electron chi connectivity index (χ1n) is 8.56. The molecular formula is C21H24N2O5. The van der Waals surface area contributed by atoms with E-state index in [0.717, 1.165) is 12.0 Å². The van der Waals surface area contributed by atoms with E-state index < -0.39 is 5.91 Å². The molecule has 148 valence electrons. The molecule has 1 amide bonds. The van der Waals surface area contributed by atoms with Gasteiger partial charge in [0.1, 0.15) is 0 Å². The van der Waals surface area contributed by atoms with Gasteiger partial charge in [-0.15, -0.1) is 6.58 Å². The Morgan fingerprint density at radius 2 is 1.86 bits per heavy atom. The molecule has 0 bridgehead atoms. The first-order chi connectivity index (χ1) is 13.6. The van der Waals surface area contributed by atoms with Gasteiger partial charge in [-0.25, -0.2) is 5.43 Å². The molecule has 0 saturated carbocycles. The van der Waals surface area contributed by atoms with Crippen molar-refractivity contribution in [3.63, 3.8) is 0 Å². The number of methoxy groups -OCH3 is 3. The largest absolute Gasteiger partial charge is 0.493 e. The summed E-state index contributed by atoms with van der Waals surface area (Å²) in [6.45, 7) is 3.51. The second-order valence-corrected chi connectivity index (χ2v) is 5.64. The molecule has 7 nitrogen and oxygen atoms in total. The topological polar surface area (TPSA) is 78.4 Å². The number of hydrogen-bond donors (Lipinski definition) is 1. The van der Waals surface area contributed by atoms with Gasteiger partial charge in [-0.1, -0.05) is 18.2 Å². The summed E-state index contributed by atoms with van der Waals surface area (Å²) in [5.41, 5.74) is 4.13. The predicted molar refractivity (Wildman–Crippen MR) is 108 cm³/mol. The van der Waals surface area contributed by atoms with Crippen LogP contribution in [0.2, 0.25) is 0 Å². The van der Waals surface area contributed by atoms with E-state index in [1.165, 1.54) is 13.3 Å². The van der Waals surface area contributed by atoms with E-state index >= 15 is 0 Å². The van der Waals surface area contributed by atoms with Crippen LogP contribution in [0.5, 0.6) is 23.0 Å². The van der Waals surface area contributed by atoms with Crippen molar-refractivity contribution in [3.8, 4) is 23.0 Å². The van der Waals surface area contributed by atoms with Gasteiger partial charge in [-0.2, -0.15) is 5.10 Å². The number of hydrazone groups is 1. The van der Waals surface area contributed by atoms with Crippen LogP contribution in [0.25, 0.3) is 0 Å². The number of hydrogen-bond acceptors (Lipinski definition) is 6. The van der Waals surface area contributed by atoms with E-state index in [2.05, 4.69) is 17.1 Å². The molecular weight excluding hydrogens is 360 g/mol. The summed E-state index contributed by atoms with van der Waals surface area (Å²) in [6.07, 6.45) is 4.00. The standard InChI is InChI=1S/C21H24N2O5/c1-5-7-15-10-11-17(19(12-15)26-3)28-14-20(24)23-22-13-16-8-6-9-18(25-2)21(16)27-4/h5-6,8-13H,1,7,14H2,2-4H3,(H,23,24)/b22-13+. The number of rotatable bonds is 10. The number of amides is 1. The summed E-state index contributed by atoms with van der Waals surface area (Å²) in [4.78, 5) is 12.0. The Kier molecular flexibility index (Phi) is 7.90. The maximum atomic E-state index is 12.0. The van der Waals surface area contributed by atoms with E-state index in [1.54, 1.807) is 44.6 Å². The lowest BCUT2D eigenvalue weighted by Crippen LogP contribution is -2.24. The molecule has 0 spiro atoms. The number of nitrogens with zero attached hydrogens (tertiary/aromatic N) is 1. The summed E-state index contributed by atoms with van der Waals surface area (Å²) in [5.74, 6) is 1.73. The monoisotopic (exact) mass is 384 g/mol. The highest BCUT2D eigenvalue weighted by atomic mass is 16.5. The molecule has 0 radical (unpaired) electrons. The van der Waals surface area contributed by atoms with Crippen LogP contribution in [-0.4, -0.2) is 40.1 Å². The van der Waals surface area contributed by atoms with Gasteiger partial charge in [0.2, 0.25) is 0 Å². The molecule has 7 heteroatoms. The molecule has 0 aliphatic carbocycles. The minimum absolute atomic E-state index is 0.205. The zero-order chi connectivity index (χ0) is 20.4. The molecule has 0 fully saturated rings. The van der Waals surface area contributed by atoms with E-state index in [-0.39, 0.29) is 6.61 Å². The van der Waals surface area contributed by atoms with Crippen LogP contribution in [0, 0.1) is 0 Å². The van der Waals surface area contributed by atoms with Gasteiger partial charge in [-0.05, 0) is 36.2 Å². The van der Waals surface area contributed by atoms with Crippen molar-refractivity contribution in [1.29, 1.82) is 0 Å². The first-order valence-corrected chi connectivity index (χ1v) is 8.56. The lowest BCUT2D eigenvalue weighted by molar-refractivity contribution is -0.123. The quantitative estimate of drug-likeness (QED) is 0.387. The highest BCUT2D eigenvalue weighted by Gasteiger charge is 2.09. The number of benzene rings is 2. The fourth-order valence-corrected chi connectivity index (χ4v) is 2.49. The number of nitrogens with one attached hydrogen (secondary N) is 1. The first kappa shape index (κ1) is 20.8. The maximum Gasteiger partial charge on any atom is 0.277 e. The highest BCUT2D eigenvalue weighted by molar-refractivity contribution is 5.86. The minimum atomic E-state index is -0.407. The molecule has 0 atom stereocenters. The lowest BCUT2D eigenvalue weighted by atomic mass is 10.1. The Morgan fingerprint density at radius 3 is 2.54 bits per heavy atom. The van der Waals surface area contributed by atoms with Crippen molar-refractivity contribution in [2.24, 2.45) is 5.10 Å². The summed E-state index contributed by atoms with van der Waals surface area (Å²) in [5, 5.41) is 3.94. The van der Waals surface area contributed by atoms with Gasteiger partial charge in [0.15, 0.2) is 29.6 Å². The third kappa shape index (κ3) is 5.51. The molecule has 0 aromatic heterocycles. The lowest BCUT2D eigenvalue weighted by Gasteiger charge is -2.11. The summed E-state index contributed by atoms with van der Waals surface area (Å²) < 4.78 is 21.4. The van der Waals surface area contributed by atoms with Crippen LogP contribution in [-0.2, 0) is 11.2 Å². The Balaban J connectivity index is 1.95. The number of carbonyl (C=O) groups excluding carboxylic acids is 1. The van der Waals surface area contributed by atoms with Crippen LogP contribution in [0.15, 0.2) is 54.2 Å². The third-order valence-corrected chi connectivity index (χ3v) is 3.79. The number of ether oxygens (including phenoxy) is 4. The Morgan fingerprint density at radius 1 is 1.07 bits per heavy atom. The smallest absolute Gasteiger partial charge is 0.277 e. The minimum Gasteiger partial charge on any atom is -0.493 e. The van der Waals surface area contributed by atoms with Crippen molar-refractivity contribution in [3.05, 3.63) is 60.2 Å². The maximum absolute atomic E-state index is 12.0. The van der Waals surface area contributed by atoms with Crippen LogP contribution in [0.3, 0.4) is 0 Å². The summed E-state index contributed by atoms with van der Waals surface area (Å²) in [7, 11) is 4.64. The average molecular weight is 384 g/mol. The van der Waals surface area contributed by atoms with Gasteiger partial charge >= 0.3 is 0 Å². The Labute approximate surface area is 164 Å². The Bertz CT molecular complexity index is 849.